The zero-order valence-electron chi connectivity index (χ0n) is 15.3. The van der Waals surface area contributed by atoms with Crippen LogP contribution in [-0.4, -0.2) is 28.0 Å². The van der Waals surface area contributed by atoms with Gasteiger partial charge in [-0.2, -0.15) is 0 Å². The zero-order valence-corrected chi connectivity index (χ0v) is 17.6. The number of hydrogen-bond donors (Lipinski definition) is 4. The van der Waals surface area contributed by atoms with Gasteiger partial charge in [0.2, 0.25) is 0 Å². The Kier molecular flexibility index (Phi) is 6.81. The lowest BCUT2D eigenvalue weighted by Crippen LogP contribution is -2.24. The van der Waals surface area contributed by atoms with Crippen LogP contribution in [-0.2, 0) is 0 Å². The fourth-order valence-electron chi connectivity index (χ4n) is 2.39. The number of aliphatic hydroxyl groups is 1. The quantitative estimate of drug-likeness (QED) is 0.314. The second kappa shape index (κ2) is 9.32. The second-order valence-electron chi connectivity index (χ2n) is 6.11. The molecule has 7 nitrogen and oxygen atoms in total. The lowest BCUT2D eigenvalue weighted by Gasteiger charge is -2.10. The van der Waals surface area contributed by atoms with Gasteiger partial charge in [0.1, 0.15) is 27.9 Å². The standard InChI is InChI=1S/C19H18Cl2N4O3S/c1-10(9-26)23-17(22)16-18(27)25-29-19(16)24-12-3-5-13(6-4-12)28-15-8-11(20)2-7-14(15)21/h2-8,10,24,26H,9H2,1H3,(H2,22,23)(H,25,27)/t10-/m0/s1. The predicted molar refractivity (Wildman–Crippen MR) is 118 cm³/mol. The summed E-state index contributed by atoms with van der Waals surface area (Å²) in [6.07, 6.45) is 0. The van der Waals surface area contributed by atoms with Crippen LogP contribution in [0.25, 0.3) is 0 Å². The van der Waals surface area contributed by atoms with Crippen LogP contribution in [0.5, 0.6) is 11.5 Å². The monoisotopic (exact) mass is 452 g/mol. The third-order valence-corrected chi connectivity index (χ3v) is 5.16. The van der Waals surface area contributed by atoms with E-state index in [4.69, 9.17) is 38.8 Å². The number of anilines is 2. The lowest BCUT2D eigenvalue weighted by molar-refractivity contribution is 0.274. The molecular formula is C19H18Cl2N4O3S. The van der Waals surface area contributed by atoms with Gasteiger partial charge in [0, 0.05) is 16.8 Å². The van der Waals surface area contributed by atoms with Gasteiger partial charge in [-0.1, -0.05) is 23.2 Å². The summed E-state index contributed by atoms with van der Waals surface area (Å²) in [6, 6.07) is 11.6. The van der Waals surface area contributed by atoms with Crippen LogP contribution >= 0.6 is 34.7 Å². The maximum absolute atomic E-state index is 12.1. The van der Waals surface area contributed by atoms with Crippen molar-refractivity contribution in [3.05, 3.63) is 68.4 Å². The van der Waals surface area contributed by atoms with Crippen LogP contribution in [0.3, 0.4) is 0 Å². The van der Waals surface area contributed by atoms with Crippen LogP contribution in [0, 0.1) is 0 Å². The lowest BCUT2D eigenvalue weighted by atomic mass is 10.2. The third-order valence-electron chi connectivity index (χ3n) is 3.81. The molecule has 0 amide bonds. The van der Waals surface area contributed by atoms with E-state index >= 15 is 0 Å². The normalized spacial score (nSPS) is 12.6. The molecule has 29 heavy (non-hydrogen) atoms. The number of halogens is 2. The molecule has 2 aromatic carbocycles. The van der Waals surface area contributed by atoms with Gasteiger partial charge in [-0.25, -0.2) is 0 Å². The van der Waals surface area contributed by atoms with Gasteiger partial charge < -0.3 is 20.9 Å². The van der Waals surface area contributed by atoms with Crippen LogP contribution < -0.4 is 21.3 Å². The number of amidine groups is 1. The van der Waals surface area contributed by atoms with Crippen molar-refractivity contribution in [2.24, 2.45) is 10.7 Å². The molecule has 152 valence electrons. The van der Waals surface area contributed by atoms with Crippen molar-refractivity contribution >= 4 is 51.3 Å². The molecule has 1 heterocycles. The molecule has 1 aromatic heterocycles. The van der Waals surface area contributed by atoms with E-state index in [2.05, 4.69) is 14.7 Å². The van der Waals surface area contributed by atoms with Gasteiger partial charge in [0.25, 0.3) is 5.56 Å². The van der Waals surface area contributed by atoms with Crippen LogP contribution in [0.4, 0.5) is 10.7 Å². The van der Waals surface area contributed by atoms with Gasteiger partial charge in [0.15, 0.2) is 0 Å². The summed E-state index contributed by atoms with van der Waals surface area (Å²) in [5.74, 6) is 1.08. The average Bonchev–Trinajstić information content (AvgIpc) is 3.06. The van der Waals surface area contributed by atoms with Gasteiger partial charge >= 0.3 is 0 Å². The molecule has 3 rings (SSSR count). The number of nitrogens with zero attached hydrogens (tertiary/aromatic N) is 1. The third kappa shape index (κ3) is 5.30. The summed E-state index contributed by atoms with van der Waals surface area (Å²) in [4.78, 5) is 16.2. The van der Waals surface area contributed by atoms with Crippen molar-refractivity contribution < 1.29 is 9.84 Å². The van der Waals surface area contributed by atoms with Crippen molar-refractivity contribution in [1.29, 1.82) is 0 Å². The van der Waals surface area contributed by atoms with E-state index in [9.17, 15) is 4.79 Å². The molecule has 0 aliphatic heterocycles. The Balaban J connectivity index is 1.78. The molecule has 10 heteroatoms. The molecule has 0 unspecified atom stereocenters. The molecule has 0 saturated carbocycles. The zero-order chi connectivity index (χ0) is 21.0. The van der Waals surface area contributed by atoms with Crippen molar-refractivity contribution in [3.63, 3.8) is 0 Å². The Morgan fingerprint density at radius 1 is 1.31 bits per heavy atom. The van der Waals surface area contributed by atoms with E-state index < -0.39 is 6.04 Å². The van der Waals surface area contributed by atoms with Crippen molar-refractivity contribution in [2.45, 2.75) is 13.0 Å². The van der Waals surface area contributed by atoms with E-state index in [0.717, 1.165) is 11.5 Å². The minimum atomic E-state index is -0.406. The minimum Gasteiger partial charge on any atom is -0.456 e. The summed E-state index contributed by atoms with van der Waals surface area (Å²) in [5, 5.41) is 13.8. The molecule has 0 bridgehead atoms. The van der Waals surface area contributed by atoms with E-state index in [0.29, 0.717) is 32.2 Å². The van der Waals surface area contributed by atoms with Crippen LogP contribution in [0.1, 0.15) is 12.5 Å². The molecule has 0 radical (unpaired) electrons. The first-order chi connectivity index (χ1) is 13.9. The second-order valence-corrected chi connectivity index (χ2v) is 7.77. The SMILES string of the molecule is C[C@@H](CO)N=C(N)c1c(Nc2ccc(Oc3cc(Cl)ccc3Cl)cc2)s[nH]c1=O. The first kappa shape index (κ1) is 21.2. The first-order valence-corrected chi connectivity index (χ1v) is 10.1. The summed E-state index contributed by atoms with van der Waals surface area (Å²) in [7, 11) is 0. The van der Waals surface area contributed by atoms with Crippen molar-refractivity contribution in [1.82, 2.24) is 4.37 Å². The van der Waals surface area contributed by atoms with E-state index in [1.807, 2.05) is 0 Å². The molecule has 0 spiro atoms. The molecule has 0 aliphatic rings. The molecule has 3 aromatic rings. The molecule has 1 atom stereocenters. The molecule has 0 fully saturated rings. The van der Waals surface area contributed by atoms with E-state index in [-0.39, 0.29) is 23.6 Å². The van der Waals surface area contributed by atoms with Crippen LogP contribution in [0.15, 0.2) is 52.3 Å². The van der Waals surface area contributed by atoms with Gasteiger partial charge in [-0.15, -0.1) is 0 Å². The number of hydrogen-bond acceptors (Lipinski definition) is 6. The minimum absolute atomic E-state index is 0.0621. The number of aliphatic hydroxyl groups excluding tert-OH is 1. The summed E-state index contributed by atoms with van der Waals surface area (Å²) in [5.41, 5.74) is 6.56. The number of H-pyrrole nitrogens is 1. The Morgan fingerprint density at radius 2 is 2.03 bits per heavy atom. The number of rotatable bonds is 7. The van der Waals surface area contributed by atoms with Crippen LogP contribution in [0.2, 0.25) is 10.0 Å². The predicted octanol–water partition coefficient (Wildman–Crippen LogP) is 4.37. The largest absolute Gasteiger partial charge is 0.456 e. The first-order valence-electron chi connectivity index (χ1n) is 8.53. The summed E-state index contributed by atoms with van der Waals surface area (Å²) in [6.45, 7) is 1.54. The Bertz CT molecular complexity index is 1080. The Hall–Kier alpha value is -2.52. The number of aromatic nitrogens is 1. The number of ether oxygens (including phenoxy) is 1. The van der Waals surface area contributed by atoms with Crippen molar-refractivity contribution in [2.75, 3.05) is 11.9 Å². The highest BCUT2D eigenvalue weighted by atomic mass is 35.5. The fraction of sp³-hybridized carbons (Fsp3) is 0.158. The number of aliphatic imine (C=N–C) groups is 1. The number of nitrogens with two attached hydrogens (primary N) is 1. The van der Waals surface area contributed by atoms with E-state index in [1.54, 1.807) is 49.4 Å². The molecular weight excluding hydrogens is 435 g/mol. The van der Waals surface area contributed by atoms with Crippen molar-refractivity contribution in [3.8, 4) is 11.5 Å². The maximum Gasteiger partial charge on any atom is 0.271 e. The molecule has 0 aliphatic carbocycles. The number of aromatic amines is 1. The van der Waals surface area contributed by atoms with Gasteiger partial charge in [-0.3, -0.25) is 14.2 Å². The number of nitrogens with one attached hydrogen (secondary N) is 2. The smallest absolute Gasteiger partial charge is 0.271 e. The highest BCUT2D eigenvalue weighted by molar-refractivity contribution is 7.10. The topological polar surface area (TPSA) is 113 Å². The highest BCUT2D eigenvalue weighted by Crippen LogP contribution is 2.32. The van der Waals surface area contributed by atoms with Gasteiger partial charge in [0.05, 0.1) is 17.7 Å². The molecule has 5 N–H and O–H groups in total. The van der Waals surface area contributed by atoms with Gasteiger partial charge in [-0.05, 0) is 54.9 Å². The molecule has 0 saturated heterocycles. The van der Waals surface area contributed by atoms with E-state index in [1.165, 1.54) is 0 Å². The average molecular weight is 453 g/mol. The Labute approximate surface area is 180 Å². The maximum atomic E-state index is 12.1. The Morgan fingerprint density at radius 3 is 2.72 bits per heavy atom. The highest BCUT2D eigenvalue weighted by Gasteiger charge is 2.16. The summed E-state index contributed by atoms with van der Waals surface area (Å²) >= 11 is 13.2. The summed E-state index contributed by atoms with van der Waals surface area (Å²) < 4.78 is 8.39. The fourth-order valence-corrected chi connectivity index (χ4v) is 3.47. The number of benzene rings is 2.